The first-order valence-electron chi connectivity index (χ1n) is 6.98. The molecule has 1 aromatic carbocycles. The Bertz CT molecular complexity index is 539. The number of nitrogens with zero attached hydrogens (tertiary/aromatic N) is 4. The van der Waals surface area contributed by atoms with E-state index in [1.54, 1.807) is 18.9 Å². The first kappa shape index (κ1) is 15.9. The second-order valence-corrected chi connectivity index (χ2v) is 6.14. The van der Waals surface area contributed by atoms with E-state index in [0.29, 0.717) is 0 Å². The molecule has 2 rings (SSSR count). The number of aromatic nitrogens is 3. The minimum atomic E-state index is 0.833. The van der Waals surface area contributed by atoms with Crippen LogP contribution in [0.5, 0.6) is 5.75 Å². The summed E-state index contributed by atoms with van der Waals surface area (Å²) in [6.07, 6.45) is 3.12. The molecular weight excluding hydrogens is 284 g/mol. The maximum Gasteiger partial charge on any atom is 0.118 e. The molecule has 1 heterocycles. The zero-order valence-corrected chi connectivity index (χ0v) is 13.6. The number of ether oxygens (including phenoxy) is 1. The van der Waals surface area contributed by atoms with Gasteiger partial charge in [0, 0.05) is 23.4 Å². The number of rotatable bonds is 8. The van der Waals surface area contributed by atoms with Gasteiger partial charge in [0.05, 0.1) is 12.8 Å². The van der Waals surface area contributed by atoms with Crippen LogP contribution in [0.25, 0.3) is 0 Å². The lowest BCUT2D eigenvalue weighted by atomic mass is 10.3. The minimum Gasteiger partial charge on any atom is -0.497 e. The van der Waals surface area contributed by atoms with Crippen LogP contribution in [0, 0.1) is 0 Å². The zero-order chi connectivity index (χ0) is 15.1. The molecule has 0 aliphatic rings. The minimum absolute atomic E-state index is 0.833. The number of aryl methyl sites for hydroxylation is 1. The fourth-order valence-electron chi connectivity index (χ4n) is 1.89. The predicted octanol–water partition coefficient (Wildman–Crippen LogP) is 2.53. The molecule has 0 saturated heterocycles. The molecule has 0 spiro atoms. The van der Waals surface area contributed by atoms with E-state index in [1.165, 1.54) is 4.90 Å². The van der Waals surface area contributed by atoms with Gasteiger partial charge in [0.1, 0.15) is 5.75 Å². The molecule has 0 aliphatic carbocycles. The van der Waals surface area contributed by atoms with Gasteiger partial charge in [0.15, 0.2) is 0 Å². The van der Waals surface area contributed by atoms with Gasteiger partial charge in [-0.3, -0.25) is 4.68 Å². The van der Waals surface area contributed by atoms with Gasteiger partial charge in [-0.25, -0.2) is 0 Å². The van der Waals surface area contributed by atoms with Crippen LogP contribution in [0.15, 0.2) is 35.4 Å². The van der Waals surface area contributed by atoms with Crippen molar-refractivity contribution in [3.63, 3.8) is 0 Å². The number of thioether (sulfide) groups is 1. The van der Waals surface area contributed by atoms with Gasteiger partial charge in [0.25, 0.3) is 0 Å². The van der Waals surface area contributed by atoms with E-state index in [-0.39, 0.29) is 0 Å². The Morgan fingerprint density at radius 3 is 2.67 bits per heavy atom. The van der Waals surface area contributed by atoms with Gasteiger partial charge in [0.2, 0.25) is 0 Å². The number of hydrogen-bond donors (Lipinski definition) is 0. The van der Waals surface area contributed by atoms with Crippen LogP contribution >= 0.6 is 11.8 Å². The Morgan fingerprint density at radius 2 is 2.00 bits per heavy atom. The summed E-state index contributed by atoms with van der Waals surface area (Å²) in [6, 6.07) is 8.07. The largest absolute Gasteiger partial charge is 0.497 e. The van der Waals surface area contributed by atoms with Gasteiger partial charge >= 0.3 is 0 Å². The summed E-state index contributed by atoms with van der Waals surface area (Å²) in [5, 5.41) is 8.38. The lowest BCUT2D eigenvalue weighted by Crippen LogP contribution is -2.15. The maximum atomic E-state index is 5.15. The molecule has 21 heavy (non-hydrogen) atoms. The van der Waals surface area contributed by atoms with Crippen molar-refractivity contribution in [3.05, 3.63) is 36.2 Å². The third-order valence-corrected chi connectivity index (χ3v) is 4.07. The molecular formula is C15H22N4OS. The third-order valence-electron chi connectivity index (χ3n) is 3.02. The monoisotopic (exact) mass is 306 g/mol. The molecule has 0 bridgehead atoms. The normalized spacial score (nSPS) is 11.0. The molecule has 0 radical (unpaired) electrons. The highest BCUT2D eigenvalue weighted by atomic mass is 32.2. The van der Waals surface area contributed by atoms with Crippen molar-refractivity contribution >= 4 is 11.8 Å². The van der Waals surface area contributed by atoms with Gasteiger partial charge in [-0.15, -0.1) is 16.9 Å². The fourth-order valence-corrected chi connectivity index (χ4v) is 2.67. The Balaban J connectivity index is 1.79. The summed E-state index contributed by atoms with van der Waals surface area (Å²) in [4.78, 5) is 3.38. The van der Waals surface area contributed by atoms with Crippen LogP contribution in [-0.2, 0) is 12.3 Å². The summed E-state index contributed by atoms with van der Waals surface area (Å²) in [5.74, 6) is 1.71. The number of benzene rings is 1. The van der Waals surface area contributed by atoms with Gasteiger partial charge in [-0.2, -0.15) is 0 Å². The highest BCUT2D eigenvalue weighted by molar-refractivity contribution is 7.98. The summed E-state index contributed by atoms with van der Waals surface area (Å²) in [7, 11) is 5.84. The van der Waals surface area contributed by atoms with E-state index in [4.69, 9.17) is 4.74 Å². The molecule has 2 aromatic rings. The Morgan fingerprint density at radius 1 is 1.24 bits per heavy atom. The summed E-state index contributed by atoms with van der Waals surface area (Å²) in [6.45, 7) is 1.98. The van der Waals surface area contributed by atoms with Crippen molar-refractivity contribution in [2.75, 3.05) is 27.7 Å². The SMILES string of the molecule is COc1ccc(SCc2cn(CCCN(C)C)nn2)cc1. The summed E-state index contributed by atoms with van der Waals surface area (Å²) < 4.78 is 7.08. The molecule has 0 fully saturated rings. The van der Waals surface area contributed by atoms with E-state index in [0.717, 1.165) is 36.7 Å². The topological polar surface area (TPSA) is 43.2 Å². The van der Waals surface area contributed by atoms with E-state index in [1.807, 2.05) is 23.0 Å². The van der Waals surface area contributed by atoms with Crippen molar-refractivity contribution in [1.82, 2.24) is 19.9 Å². The Labute approximate surface area is 130 Å². The quantitative estimate of drug-likeness (QED) is 0.701. The molecule has 0 N–H and O–H groups in total. The second kappa shape index (κ2) is 8.05. The third kappa shape index (κ3) is 5.40. The smallest absolute Gasteiger partial charge is 0.118 e. The van der Waals surface area contributed by atoms with Crippen molar-refractivity contribution in [1.29, 1.82) is 0 Å². The van der Waals surface area contributed by atoms with Crippen molar-refractivity contribution < 1.29 is 4.74 Å². The zero-order valence-electron chi connectivity index (χ0n) is 12.8. The summed E-state index contributed by atoms with van der Waals surface area (Å²) in [5.41, 5.74) is 1.01. The van der Waals surface area contributed by atoms with E-state index in [9.17, 15) is 0 Å². The Kier molecular flexibility index (Phi) is 6.07. The van der Waals surface area contributed by atoms with E-state index in [2.05, 4.69) is 41.4 Å². The highest BCUT2D eigenvalue weighted by Gasteiger charge is 2.03. The Hall–Kier alpha value is -1.53. The molecule has 0 amide bonds. The maximum absolute atomic E-state index is 5.15. The first-order valence-corrected chi connectivity index (χ1v) is 7.96. The van der Waals surface area contributed by atoms with Crippen LogP contribution in [0.3, 0.4) is 0 Å². The standard InChI is InChI=1S/C15H22N4OS/c1-18(2)9-4-10-19-11-13(16-17-19)12-21-15-7-5-14(20-3)6-8-15/h5-8,11H,4,9-10,12H2,1-3H3. The van der Waals surface area contributed by atoms with Crippen molar-refractivity contribution in [2.24, 2.45) is 0 Å². The molecule has 6 heteroatoms. The second-order valence-electron chi connectivity index (χ2n) is 5.09. The number of methoxy groups -OCH3 is 1. The first-order chi connectivity index (χ1) is 10.2. The lowest BCUT2D eigenvalue weighted by Gasteiger charge is -2.08. The predicted molar refractivity (Wildman–Crippen MR) is 85.7 cm³/mol. The van der Waals surface area contributed by atoms with E-state index < -0.39 is 0 Å². The molecule has 1 aromatic heterocycles. The van der Waals surface area contributed by atoms with Gasteiger partial charge in [-0.1, -0.05) is 5.21 Å². The van der Waals surface area contributed by atoms with Crippen LogP contribution in [0.1, 0.15) is 12.1 Å². The average molecular weight is 306 g/mol. The highest BCUT2D eigenvalue weighted by Crippen LogP contribution is 2.23. The molecule has 0 unspecified atom stereocenters. The average Bonchev–Trinajstić information content (AvgIpc) is 2.93. The summed E-state index contributed by atoms with van der Waals surface area (Å²) >= 11 is 1.76. The molecule has 0 saturated carbocycles. The van der Waals surface area contributed by atoms with Crippen molar-refractivity contribution in [3.8, 4) is 5.75 Å². The van der Waals surface area contributed by atoms with Crippen LogP contribution in [-0.4, -0.2) is 47.6 Å². The van der Waals surface area contributed by atoms with Gasteiger partial charge in [-0.05, 0) is 51.3 Å². The van der Waals surface area contributed by atoms with Crippen LogP contribution in [0.2, 0.25) is 0 Å². The van der Waals surface area contributed by atoms with E-state index >= 15 is 0 Å². The van der Waals surface area contributed by atoms with Gasteiger partial charge < -0.3 is 9.64 Å². The van der Waals surface area contributed by atoms with Crippen LogP contribution in [0.4, 0.5) is 0 Å². The lowest BCUT2D eigenvalue weighted by molar-refractivity contribution is 0.379. The molecule has 114 valence electrons. The van der Waals surface area contributed by atoms with Crippen molar-refractivity contribution in [2.45, 2.75) is 23.6 Å². The number of hydrogen-bond acceptors (Lipinski definition) is 5. The molecule has 0 aliphatic heterocycles. The molecule has 0 atom stereocenters. The fraction of sp³-hybridized carbons (Fsp3) is 0.467. The van der Waals surface area contributed by atoms with Crippen LogP contribution < -0.4 is 4.74 Å². The molecule has 5 nitrogen and oxygen atoms in total.